The second-order valence-electron chi connectivity index (χ2n) is 6.20. The van der Waals surface area contributed by atoms with Crippen molar-refractivity contribution in [2.45, 2.75) is 30.2 Å². The highest BCUT2D eigenvalue weighted by molar-refractivity contribution is 7.99. The molecule has 0 amide bonds. The van der Waals surface area contributed by atoms with Gasteiger partial charge in [-0.3, -0.25) is 4.90 Å². The van der Waals surface area contributed by atoms with E-state index < -0.39 is 0 Å². The lowest BCUT2D eigenvalue weighted by molar-refractivity contribution is 0.276. The first-order valence-electron chi connectivity index (χ1n) is 8.07. The highest BCUT2D eigenvalue weighted by atomic mass is 32.2. The fourth-order valence-corrected chi connectivity index (χ4v) is 4.10. The maximum atomic E-state index is 9.56. The van der Waals surface area contributed by atoms with Gasteiger partial charge in [-0.05, 0) is 49.6 Å². The van der Waals surface area contributed by atoms with Crippen LogP contribution in [0.3, 0.4) is 0 Å². The van der Waals surface area contributed by atoms with Crippen LogP contribution in [0, 0.1) is 0 Å². The van der Waals surface area contributed by atoms with Gasteiger partial charge in [0.05, 0.1) is 0 Å². The Balaban J connectivity index is 1.53. The van der Waals surface area contributed by atoms with Crippen LogP contribution in [0.1, 0.15) is 24.8 Å². The van der Waals surface area contributed by atoms with Crippen LogP contribution < -0.4 is 0 Å². The molecular weight excluding hydrogens is 306 g/mol. The molecule has 0 bridgehead atoms. The lowest BCUT2D eigenvalue weighted by atomic mass is 9.99. The minimum Gasteiger partial charge on any atom is -0.504 e. The third-order valence-electron chi connectivity index (χ3n) is 4.55. The highest BCUT2D eigenvalue weighted by Gasteiger charge is 2.26. The molecule has 2 unspecified atom stereocenters. The van der Waals surface area contributed by atoms with Crippen LogP contribution in [0.2, 0.25) is 0 Å². The Morgan fingerprint density at radius 3 is 2.65 bits per heavy atom. The molecule has 2 atom stereocenters. The predicted octanol–water partition coefficient (Wildman–Crippen LogP) is 4.07. The van der Waals surface area contributed by atoms with Gasteiger partial charge in [-0.1, -0.05) is 30.3 Å². The van der Waals surface area contributed by atoms with Crippen molar-refractivity contribution in [1.29, 1.82) is 0 Å². The van der Waals surface area contributed by atoms with E-state index in [0.717, 1.165) is 23.7 Å². The van der Waals surface area contributed by atoms with E-state index in [1.54, 1.807) is 23.9 Å². The molecule has 4 heteroatoms. The molecule has 2 N–H and O–H groups in total. The summed E-state index contributed by atoms with van der Waals surface area (Å²) in [5.74, 6) is 1.51. The van der Waals surface area contributed by atoms with Crippen molar-refractivity contribution in [3.63, 3.8) is 0 Å². The van der Waals surface area contributed by atoms with Gasteiger partial charge < -0.3 is 10.2 Å². The van der Waals surface area contributed by atoms with Gasteiger partial charge in [0.1, 0.15) is 0 Å². The zero-order valence-electron chi connectivity index (χ0n) is 13.4. The lowest BCUT2D eigenvalue weighted by Crippen LogP contribution is -2.32. The maximum Gasteiger partial charge on any atom is 0.158 e. The minimum absolute atomic E-state index is 0.0482. The molecule has 0 spiro atoms. The van der Waals surface area contributed by atoms with Gasteiger partial charge >= 0.3 is 0 Å². The van der Waals surface area contributed by atoms with Crippen molar-refractivity contribution in [3.05, 3.63) is 54.1 Å². The summed E-state index contributed by atoms with van der Waals surface area (Å²) in [4.78, 5) is 3.54. The predicted molar refractivity (Wildman–Crippen MR) is 95.3 cm³/mol. The summed E-state index contributed by atoms with van der Waals surface area (Å²) in [5, 5.41) is 18.9. The van der Waals surface area contributed by atoms with Crippen LogP contribution in [0.4, 0.5) is 0 Å². The third-order valence-corrected chi connectivity index (χ3v) is 5.79. The zero-order valence-corrected chi connectivity index (χ0v) is 14.2. The number of hydrogen-bond acceptors (Lipinski definition) is 4. The van der Waals surface area contributed by atoms with E-state index >= 15 is 0 Å². The fourth-order valence-electron chi connectivity index (χ4n) is 3.10. The molecule has 3 nitrogen and oxygen atoms in total. The Bertz CT molecular complexity index is 647. The number of hydrogen-bond donors (Lipinski definition) is 2. The van der Waals surface area contributed by atoms with Crippen molar-refractivity contribution in [2.24, 2.45) is 0 Å². The van der Waals surface area contributed by atoms with Gasteiger partial charge in [-0.15, -0.1) is 11.8 Å². The minimum atomic E-state index is -0.0624. The molecule has 23 heavy (non-hydrogen) atoms. The number of phenolic OH excluding ortho intramolecular Hbond substituents is 2. The topological polar surface area (TPSA) is 43.7 Å². The van der Waals surface area contributed by atoms with Gasteiger partial charge in [-0.25, -0.2) is 0 Å². The number of phenols is 2. The molecule has 0 radical (unpaired) electrons. The Morgan fingerprint density at radius 2 is 1.91 bits per heavy atom. The van der Waals surface area contributed by atoms with Crippen LogP contribution in [-0.2, 0) is 0 Å². The van der Waals surface area contributed by atoms with Crippen LogP contribution >= 0.6 is 11.8 Å². The molecule has 3 rings (SSSR count). The van der Waals surface area contributed by atoms with E-state index in [2.05, 4.69) is 42.2 Å². The Labute approximate surface area is 142 Å². The van der Waals surface area contributed by atoms with Gasteiger partial charge in [0.2, 0.25) is 0 Å². The number of aromatic hydroxyl groups is 2. The average molecular weight is 329 g/mol. The maximum absolute atomic E-state index is 9.56. The quantitative estimate of drug-likeness (QED) is 0.641. The molecule has 0 aliphatic carbocycles. The summed E-state index contributed by atoms with van der Waals surface area (Å²) >= 11 is 1.72. The monoisotopic (exact) mass is 329 g/mol. The molecule has 1 aliphatic heterocycles. The largest absolute Gasteiger partial charge is 0.504 e. The van der Waals surface area contributed by atoms with E-state index in [1.807, 2.05) is 6.07 Å². The summed E-state index contributed by atoms with van der Waals surface area (Å²) in [5.41, 5.74) is 1.44. The van der Waals surface area contributed by atoms with Crippen LogP contribution in [0.15, 0.2) is 53.4 Å². The molecule has 1 fully saturated rings. The summed E-state index contributed by atoms with van der Waals surface area (Å²) < 4.78 is 0. The van der Waals surface area contributed by atoms with Gasteiger partial charge in [0, 0.05) is 23.2 Å². The van der Waals surface area contributed by atoms with Gasteiger partial charge in [0.25, 0.3) is 0 Å². The molecular formula is C19H23NO2S. The van der Waals surface area contributed by atoms with Crippen LogP contribution in [0.25, 0.3) is 0 Å². The smallest absolute Gasteiger partial charge is 0.158 e. The lowest BCUT2D eigenvalue weighted by Gasteiger charge is -2.24. The van der Waals surface area contributed by atoms with Crippen molar-refractivity contribution < 1.29 is 10.2 Å². The van der Waals surface area contributed by atoms with Crippen molar-refractivity contribution in [1.82, 2.24) is 4.90 Å². The first-order valence-corrected chi connectivity index (χ1v) is 9.06. The molecule has 1 aliphatic rings. The number of rotatable bonds is 5. The summed E-state index contributed by atoms with van der Waals surface area (Å²) in [6.07, 6.45) is 1.22. The Hall–Kier alpha value is -1.65. The second kappa shape index (κ2) is 7.28. The fraction of sp³-hybridized carbons (Fsp3) is 0.368. The van der Waals surface area contributed by atoms with E-state index in [9.17, 15) is 10.2 Å². The number of likely N-dealkylation sites (tertiary alicyclic amines) is 1. The van der Waals surface area contributed by atoms with E-state index in [-0.39, 0.29) is 11.5 Å². The van der Waals surface area contributed by atoms with E-state index in [1.165, 1.54) is 12.0 Å². The molecule has 2 aromatic carbocycles. The normalized spacial score (nSPS) is 19.8. The highest BCUT2D eigenvalue weighted by Crippen LogP contribution is 2.32. The molecule has 1 saturated heterocycles. The first kappa shape index (κ1) is 16.2. The van der Waals surface area contributed by atoms with Crippen LogP contribution in [0.5, 0.6) is 11.5 Å². The molecule has 2 aromatic rings. The summed E-state index contributed by atoms with van der Waals surface area (Å²) in [6, 6.07) is 16.3. The first-order chi connectivity index (χ1) is 11.1. The Morgan fingerprint density at radius 1 is 1.13 bits per heavy atom. The van der Waals surface area contributed by atoms with Crippen LogP contribution in [-0.4, -0.2) is 40.0 Å². The van der Waals surface area contributed by atoms with Crippen molar-refractivity contribution in [2.75, 3.05) is 18.8 Å². The van der Waals surface area contributed by atoms with Gasteiger partial charge in [0.15, 0.2) is 11.5 Å². The van der Waals surface area contributed by atoms with E-state index in [0.29, 0.717) is 12.0 Å². The van der Waals surface area contributed by atoms with Crippen molar-refractivity contribution in [3.8, 4) is 11.5 Å². The van der Waals surface area contributed by atoms with Crippen molar-refractivity contribution >= 4 is 11.8 Å². The second-order valence-corrected chi connectivity index (χ2v) is 7.30. The van der Waals surface area contributed by atoms with Gasteiger partial charge in [-0.2, -0.15) is 0 Å². The summed E-state index contributed by atoms with van der Waals surface area (Å²) in [6.45, 7) is 4.52. The van der Waals surface area contributed by atoms with E-state index in [4.69, 9.17) is 0 Å². The number of nitrogens with zero attached hydrogens (tertiary/aromatic N) is 1. The SMILES string of the molecule is CC(CSc1ccc(O)c(O)c1)N1CCC(c2ccccc2)C1. The molecule has 0 aromatic heterocycles. The molecule has 122 valence electrons. The number of benzene rings is 2. The zero-order chi connectivity index (χ0) is 16.2. The standard InChI is InChI=1S/C19H23NO2S/c1-14(13-23-17-7-8-18(21)19(22)11-17)20-10-9-16(12-20)15-5-3-2-4-6-15/h2-8,11,14,16,21-22H,9-10,12-13H2,1H3. The summed E-state index contributed by atoms with van der Waals surface area (Å²) in [7, 11) is 0. The molecule has 1 heterocycles. The molecule has 0 saturated carbocycles. The Kier molecular flexibility index (Phi) is 5.13. The third kappa shape index (κ3) is 4.01. The number of thioether (sulfide) groups is 1. The average Bonchev–Trinajstić information content (AvgIpc) is 3.06.